The van der Waals surface area contributed by atoms with Crippen LogP contribution in [0, 0.1) is 6.92 Å². The Morgan fingerprint density at radius 1 is 1.08 bits per heavy atom. The zero-order chi connectivity index (χ0) is 26.5. The summed E-state index contributed by atoms with van der Waals surface area (Å²) in [6.45, 7) is 3.45. The van der Waals surface area contributed by atoms with Crippen LogP contribution in [-0.4, -0.2) is 49.6 Å². The van der Waals surface area contributed by atoms with E-state index in [9.17, 15) is 9.59 Å². The van der Waals surface area contributed by atoms with Gasteiger partial charge in [-0.15, -0.1) is 0 Å². The predicted octanol–water partition coefficient (Wildman–Crippen LogP) is 4.40. The highest BCUT2D eigenvalue weighted by atomic mass is 16.7. The van der Waals surface area contributed by atoms with Gasteiger partial charge in [0.1, 0.15) is 5.65 Å². The number of aromatic amines is 1. The first kappa shape index (κ1) is 23.6. The van der Waals surface area contributed by atoms with Crippen molar-refractivity contribution in [3.8, 4) is 11.5 Å². The number of nitrogens with one attached hydrogen (secondary N) is 1. The van der Waals surface area contributed by atoms with Gasteiger partial charge in [-0.2, -0.15) is 0 Å². The summed E-state index contributed by atoms with van der Waals surface area (Å²) in [4.78, 5) is 36.0. The maximum atomic E-state index is 13.8. The molecular weight excluding hydrogens is 494 g/mol. The third-order valence-corrected chi connectivity index (χ3v) is 8.10. The predicted molar refractivity (Wildman–Crippen MR) is 146 cm³/mol. The van der Waals surface area contributed by atoms with Crippen LogP contribution in [0.3, 0.4) is 0 Å². The lowest BCUT2D eigenvalue weighted by Crippen LogP contribution is -2.41. The van der Waals surface area contributed by atoms with E-state index in [0.29, 0.717) is 31.0 Å². The largest absolute Gasteiger partial charge is 0.454 e. The van der Waals surface area contributed by atoms with Gasteiger partial charge in [0.05, 0.1) is 16.7 Å². The number of hydrogen-bond donors (Lipinski definition) is 1. The second kappa shape index (κ2) is 9.34. The van der Waals surface area contributed by atoms with E-state index in [1.54, 1.807) is 0 Å². The topological polar surface area (TPSA) is 93.9 Å². The van der Waals surface area contributed by atoms with Crippen molar-refractivity contribution in [1.82, 2.24) is 23.8 Å². The van der Waals surface area contributed by atoms with Crippen LogP contribution in [0.25, 0.3) is 16.7 Å². The minimum atomic E-state index is -0.210. The highest BCUT2D eigenvalue weighted by Gasteiger charge is 2.30. The van der Waals surface area contributed by atoms with Crippen LogP contribution in [0.15, 0.2) is 71.8 Å². The van der Waals surface area contributed by atoms with E-state index < -0.39 is 0 Å². The number of likely N-dealkylation sites (tertiary alicyclic amines) is 1. The van der Waals surface area contributed by atoms with Gasteiger partial charge in [0.25, 0.3) is 0 Å². The van der Waals surface area contributed by atoms with Gasteiger partial charge in [-0.1, -0.05) is 24.3 Å². The number of aryl methyl sites for hydroxylation is 1. The van der Waals surface area contributed by atoms with E-state index >= 15 is 0 Å². The smallest absolute Gasteiger partial charge is 0.326 e. The van der Waals surface area contributed by atoms with Gasteiger partial charge < -0.3 is 23.8 Å². The summed E-state index contributed by atoms with van der Waals surface area (Å²) >= 11 is 0. The fraction of sp³-hybridized carbons (Fsp3) is 0.300. The van der Waals surface area contributed by atoms with Crippen LogP contribution < -0.4 is 15.2 Å². The molecule has 0 spiro atoms. The molecule has 39 heavy (non-hydrogen) atoms. The van der Waals surface area contributed by atoms with Gasteiger partial charge in [0, 0.05) is 43.9 Å². The van der Waals surface area contributed by atoms with Crippen molar-refractivity contribution in [1.29, 1.82) is 0 Å². The van der Waals surface area contributed by atoms with E-state index in [-0.39, 0.29) is 30.3 Å². The molecule has 5 aromatic rings. The van der Waals surface area contributed by atoms with Crippen LogP contribution in [0.4, 0.5) is 0 Å². The SMILES string of the molecule is Cc1cccn2c(C(CC(=O)N3CCC(n4c(=O)[nH]c5ccccc54)CC3)c3ccc4c(c3)OCO4)cnc12. The molecule has 0 radical (unpaired) electrons. The summed E-state index contributed by atoms with van der Waals surface area (Å²) in [6.07, 6.45) is 5.65. The molecule has 3 aromatic heterocycles. The number of fused-ring (bicyclic) bond motifs is 3. The second-order valence-electron chi connectivity index (χ2n) is 10.4. The van der Waals surface area contributed by atoms with E-state index in [2.05, 4.69) is 14.4 Å². The molecule has 1 amide bonds. The number of H-pyrrole nitrogens is 1. The third-order valence-electron chi connectivity index (χ3n) is 8.10. The summed E-state index contributed by atoms with van der Waals surface area (Å²) in [5, 5.41) is 0. The Bertz CT molecular complexity index is 1760. The molecule has 2 aliphatic rings. The Morgan fingerprint density at radius 3 is 2.77 bits per heavy atom. The van der Waals surface area contributed by atoms with Crippen molar-refractivity contribution in [3.63, 3.8) is 0 Å². The van der Waals surface area contributed by atoms with Crippen molar-refractivity contribution in [3.05, 3.63) is 94.3 Å². The minimum Gasteiger partial charge on any atom is -0.454 e. The van der Waals surface area contributed by atoms with E-state index in [1.165, 1.54) is 0 Å². The Kier molecular flexibility index (Phi) is 5.65. The molecule has 0 bridgehead atoms. The van der Waals surface area contributed by atoms with E-state index in [4.69, 9.17) is 9.47 Å². The van der Waals surface area contributed by atoms with Gasteiger partial charge in [-0.25, -0.2) is 9.78 Å². The number of pyridine rings is 1. The zero-order valence-corrected chi connectivity index (χ0v) is 21.7. The number of carbonyl (C=O) groups excluding carboxylic acids is 1. The number of imidazole rings is 2. The second-order valence-corrected chi connectivity index (χ2v) is 10.4. The lowest BCUT2D eigenvalue weighted by molar-refractivity contribution is -0.132. The number of nitrogens with zero attached hydrogens (tertiary/aromatic N) is 4. The molecule has 198 valence electrons. The van der Waals surface area contributed by atoms with Gasteiger partial charge in [0.2, 0.25) is 12.7 Å². The summed E-state index contributed by atoms with van der Waals surface area (Å²) in [5.74, 6) is 1.29. The summed E-state index contributed by atoms with van der Waals surface area (Å²) in [5.41, 5.74) is 5.57. The molecule has 1 fully saturated rings. The van der Waals surface area contributed by atoms with Crippen molar-refractivity contribution >= 4 is 22.6 Å². The zero-order valence-electron chi connectivity index (χ0n) is 21.7. The molecule has 0 saturated carbocycles. The molecule has 2 aliphatic heterocycles. The Morgan fingerprint density at radius 2 is 1.90 bits per heavy atom. The molecule has 2 aromatic carbocycles. The van der Waals surface area contributed by atoms with Gasteiger partial charge in [0.15, 0.2) is 11.5 Å². The number of ether oxygens (including phenoxy) is 2. The lowest BCUT2D eigenvalue weighted by atomic mass is 9.91. The molecule has 9 heteroatoms. The van der Waals surface area contributed by atoms with Crippen LogP contribution in [0.5, 0.6) is 11.5 Å². The molecule has 5 heterocycles. The number of amides is 1. The lowest BCUT2D eigenvalue weighted by Gasteiger charge is -2.33. The number of aromatic nitrogens is 4. The summed E-state index contributed by atoms with van der Waals surface area (Å²) < 4.78 is 15.1. The maximum Gasteiger partial charge on any atom is 0.326 e. The molecule has 0 aliphatic carbocycles. The first-order valence-electron chi connectivity index (χ1n) is 13.4. The van der Waals surface area contributed by atoms with Gasteiger partial charge >= 0.3 is 5.69 Å². The maximum absolute atomic E-state index is 13.8. The average molecular weight is 524 g/mol. The fourth-order valence-electron chi connectivity index (χ4n) is 6.07. The molecule has 1 atom stereocenters. The Balaban J connectivity index is 1.15. The van der Waals surface area contributed by atoms with Crippen molar-refractivity contribution in [2.45, 2.75) is 38.1 Å². The van der Waals surface area contributed by atoms with Crippen molar-refractivity contribution in [2.75, 3.05) is 19.9 Å². The fourth-order valence-corrected chi connectivity index (χ4v) is 6.07. The summed E-state index contributed by atoms with van der Waals surface area (Å²) in [6, 6.07) is 17.8. The number of benzene rings is 2. The minimum absolute atomic E-state index is 0.0594. The first-order chi connectivity index (χ1) is 19.1. The van der Waals surface area contributed by atoms with Crippen LogP contribution in [0.1, 0.15) is 48.0 Å². The van der Waals surface area contributed by atoms with E-state index in [0.717, 1.165) is 46.3 Å². The number of para-hydroxylation sites is 2. The molecule has 1 N–H and O–H groups in total. The van der Waals surface area contributed by atoms with Crippen molar-refractivity contribution < 1.29 is 14.3 Å². The van der Waals surface area contributed by atoms with Crippen molar-refractivity contribution in [2.24, 2.45) is 0 Å². The quantitative estimate of drug-likeness (QED) is 0.369. The van der Waals surface area contributed by atoms with E-state index in [1.807, 2.05) is 83.4 Å². The van der Waals surface area contributed by atoms with Gasteiger partial charge in [-0.05, 0) is 61.2 Å². The number of carbonyl (C=O) groups is 1. The normalized spacial score (nSPS) is 16.3. The van der Waals surface area contributed by atoms with Crippen LogP contribution >= 0.6 is 0 Å². The first-order valence-corrected chi connectivity index (χ1v) is 13.4. The molecule has 1 saturated heterocycles. The molecule has 7 rings (SSSR count). The Hall–Kier alpha value is -4.53. The monoisotopic (exact) mass is 523 g/mol. The number of rotatable bonds is 5. The number of hydrogen-bond acceptors (Lipinski definition) is 5. The third kappa shape index (κ3) is 4.05. The summed E-state index contributed by atoms with van der Waals surface area (Å²) in [7, 11) is 0. The highest BCUT2D eigenvalue weighted by molar-refractivity contribution is 5.78. The van der Waals surface area contributed by atoms with Crippen LogP contribution in [0.2, 0.25) is 0 Å². The highest BCUT2D eigenvalue weighted by Crippen LogP contribution is 2.38. The molecular formula is C30H29N5O4. The molecule has 9 nitrogen and oxygen atoms in total. The number of piperidine rings is 1. The van der Waals surface area contributed by atoms with Crippen LogP contribution in [-0.2, 0) is 4.79 Å². The van der Waals surface area contributed by atoms with Gasteiger partial charge in [-0.3, -0.25) is 9.36 Å². The standard InChI is InChI=1S/C30H29N5O4/c1-19-5-4-12-34-25(17-31-29(19)34)22(20-8-9-26-27(15-20)39-18-38-26)16-28(36)33-13-10-21(11-14-33)35-24-7-3-2-6-23(24)32-30(35)37/h2-9,12,15,17,21-22H,10-11,13-14,16,18H2,1H3,(H,32,37). The molecule has 1 unspecified atom stereocenters. The average Bonchev–Trinajstić information content (AvgIpc) is 3.68. The Labute approximate surface area is 224 Å².